The third-order valence-corrected chi connectivity index (χ3v) is 8.19. The Balaban J connectivity index is 1.40. The summed E-state index contributed by atoms with van der Waals surface area (Å²) >= 11 is 1.82. The van der Waals surface area contributed by atoms with Gasteiger partial charge in [-0.15, -0.1) is 11.8 Å². The molecule has 3 heterocycles. The van der Waals surface area contributed by atoms with Gasteiger partial charge in [-0.25, -0.2) is 0 Å². The number of thioether (sulfide) groups is 1. The summed E-state index contributed by atoms with van der Waals surface area (Å²) in [7, 11) is 2.21. The minimum absolute atomic E-state index is 0.0135. The van der Waals surface area contributed by atoms with E-state index in [1.807, 2.05) is 17.8 Å². The van der Waals surface area contributed by atoms with Crippen LogP contribution in [0.2, 0.25) is 0 Å². The fraction of sp³-hybridized carbons (Fsp3) is 0.519. The van der Waals surface area contributed by atoms with Crippen LogP contribution in [0.25, 0.3) is 11.6 Å². The molecule has 0 spiro atoms. The molecule has 0 bridgehead atoms. The summed E-state index contributed by atoms with van der Waals surface area (Å²) in [6.07, 6.45) is 9.20. The van der Waals surface area contributed by atoms with Gasteiger partial charge < -0.3 is 20.1 Å². The van der Waals surface area contributed by atoms with Gasteiger partial charge in [-0.3, -0.25) is 4.79 Å². The Morgan fingerprint density at radius 1 is 1.12 bits per heavy atom. The lowest BCUT2D eigenvalue weighted by atomic mass is 9.92. The summed E-state index contributed by atoms with van der Waals surface area (Å²) < 4.78 is 0. The summed E-state index contributed by atoms with van der Waals surface area (Å²) in [5, 5.41) is 3.07. The molecule has 0 unspecified atom stereocenters. The third-order valence-electron chi connectivity index (χ3n) is 7.31. The maximum atomic E-state index is 12.9. The lowest BCUT2D eigenvalue weighted by molar-refractivity contribution is -0.110. The molecule has 2 N–H and O–H groups in total. The van der Waals surface area contributed by atoms with Crippen LogP contribution in [0.3, 0.4) is 0 Å². The van der Waals surface area contributed by atoms with Crippen molar-refractivity contribution in [3.05, 3.63) is 46.3 Å². The molecule has 1 aliphatic carbocycles. The number of carbonyl (C=O) groups excluding carboxylic acids is 1. The van der Waals surface area contributed by atoms with Crippen LogP contribution in [0, 0.1) is 0 Å². The lowest BCUT2D eigenvalue weighted by Crippen LogP contribution is -2.44. The Bertz CT molecular complexity index is 1050. The SMILES string of the molecule is CCSc1ccc2c(c1)/C(=C/c1[nH]c3c(c1CCCN1CCN(C)CC1)CCCC3)C(=O)N2. The van der Waals surface area contributed by atoms with Gasteiger partial charge >= 0.3 is 0 Å². The zero-order valence-corrected chi connectivity index (χ0v) is 20.8. The highest BCUT2D eigenvalue weighted by Gasteiger charge is 2.26. The standard InChI is InChI=1S/C27H36N4OS/c1-3-33-19-10-11-25-22(17-19)23(27(32)29-25)18-26-21(20-7-4-5-9-24(20)28-26)8-6-12-31-15-13-30(2)14-16-31/h10-11,17-18,28H,3-9,12-16H2,1-2H3,(H,29,32)/b23-18-. The van der Waals surface area contributed by atoms with Gasteiger partial charge in [0.1, 0.15) is 0 Å². The molecule has 1 aromatic heterocycles. The molecular formula is C27H36N4OS. The van der Waals surface area contributed by atoms with Crippen molar-refractivity contribution in [1.29, 1.82) is 0 Å². The van der Waals surface area contributed by atoms with Crippen LogP contribution in [0.1, 0.15) is 54.3 Å². The number of nitrogens with one attached hydrogen (secondary N) is 2. The average Bonchev–Trinajstić information content (AvgIpc) is 3.32. The molecule has 2 aromatic rings. The van der Waals surface area contributed by atoms with Crippen molar-refractivity contribution in [3.8, 4) is 0 Å². The number of amides is 1. The van der Waals surface area contributed by atoms with E-state index >= 15 is 0 Å². The summed E-state index contributed by atoms with van der Waals surface area (Å²) in [5.74, 6) is 1.04. The van der Waals surface area contributed by atoms with E-state index in [9.17, 15) is 4.79 Å². The second-order valence-electron chi connectivity index (χ2n) is 9.58. The predicted molar refractivity (Wildman–Crippen MR) is 139 cm³/mol. The number of hydrogen-bond acceptors (Lipinski definition) is 4. The van der Waals surface area contributed by atoms with Gasteiger partial charge in [0.05, 0.1) is 5.57 Å². The monoisotopic (exact) mass is 464 g/mol. The van der Waals surface area contributed by atoms with Crippen molar-refractivity contribution < 1.29 is 4.79 Å². The number of hydrogen-bond donors (Lipinski definition) is 2. The third kappa shape index (κ3) is 4.93. The smallest absolute Gasteiger partial charge is 0.256 e. The van der Waals surface area contributed by atoms with Crippen molar-refractivity contribution in [2.24, 2.45) is 0 Å². The van der Waals surface area contributed by atoms with E-state index < -0.39 is 0 Å². The number of aryl methyl sites for hydroxylation is 1. The second-order valence-corrected chi connectivity index (χ2v) is 10.9. The summed E-state index contributed by atoms with van der Waals surface area (Å²) in [6, 6.07) is 6.32. The van der Waals surface area contributed by atoms with Gasteiger partial charge in [0, 0.05) is 53.7 Å². The molecule has 0 saturated carbocycles. The van der Waals surface area contributed by atoms with Gasteiger partial charge in [0.25, 0.3) is 5.91 Å². The Hall–Kier alpha value is -2.02. The number of aromatic amines is 1. The van der Waals surface area contributed by atoms with E-state index in [4.69, 9.17) is 0 Å². The van der Waals surface area contributed by atoms with Crippen molar-refractivity contribution >= 4 is 35.0 Å². The molecular weight excluding hydrogens is 428 g/mol. The second kappa shape index (κ2) is 10.1. The van der Waals surface area contributed by atoms with E-state index in [0.717, 1.165) is 47.7 Å². The molecule has 3 aliphatic rings. The van der Waals surface area contributed by atoms with Gasteiger partial charge in [-0.1, -0.05) is 6.92 Å². The Morgan fingerprint density at radius 2 is 1.94 bits per heavy atom. The highest BCUT2D eigenvalue weighted by Crippen LogP contribution is 2.37. The van der Waals surface area contributed by atoms with Crippen molar-refractivity contribution in [3.63, 3.8) is 0 Å². The number of anilines is 1. The number of likely N-dealkylation sites (N-methyl/N-ethyl adjacent to an activating group) is 1. The normalized spacial score (nSPS) is 20.2. The molecule has 5 rings (SSSR count). The predicted octanol–water partition coefficient (Wildman–Crippen LogP) is 4.68. The quantitative estimate of drug-likeness (QED) is 0.462. The van der Waals surface area contributed by atoms with Gasteiger partial charge in [-0.2, -0.15) is 0 Å². The Kier molecular flexibility index (Phi) is 6.95. The average molecular weight is 465 g/mol. The molecule has 1 fully saturated rings. The number of piperazine rings is 1. The zero-order chi connectivity index (χ0) is 22.8. The molecule has 1 amide bonds. The molecule has 33 heavy (non-hydrogen) atoms. The van der Waals surface area contributed by atoms with Crippen molar-refractivity contribution in [1.82, 2.24) is 14.8 Å². The van der Waals surface area contributed by atoms with Crippen molar-refractivity contribution in [2.45, 2.75) is 50.3 Å². The van der Waals surface area contributed by atoms with Crippen LogP contribution in [0.15, 0.2) is 23.1 Å². The van der Waals surface area contributed by atoms with Crippen LogP contribution in [0.4, 0.5) is 5.69 Å². The summed E-state index contributed by atoms with van der Waals surface area (Å²) in [5.41, 5.74) is 8.30. The topological polar surface area (TPSA) is 51.4 Å². The highest BCUT2D eigenvalue weighted by atomic mass is 32.2. The van der Waals surface area contributed by atoms with E-state index in [-0.39, 0.29) is 5.91 Å². The Morgan fingerprint density at radius 3 is 2.76 bits per heavy atom. The molecule has 1 aromatic carbocycles. The number of nitrogens with zero attached hydrogens (tertiary/aromatic N) is 2. The number of benzene rings is 1. The molecule has 176 valence electrons. The van der Waals surface area contributed by atoms with Crippen molar-refractivity contribution in [2.75, 3.05) is 50.8 Å². The van der Waals surface area contributed by atoms with E-state index in [1.165, 1.54) is 73.6 Å². The first-order chi connectivity index (χ1) is 16.1. The van der Waals surface area contributed by atoms with E-state index in [2.05, 4.69) is 52.3 Å². The summed E-state index contributed by atoms with van der Waals surface area (Å²) in [6.45, 7) is 8.01. The fourth-order valence-electron chi connectivity index (χ4n) is 5.45. The van der Waals surface area contributed by atoms with Gasteiger partial charge in [-0.05, 0) is 93.3 Å². The molecule has 5 nitrogen and oxygen atoms in total. The maximum Gasteiger partial charge on any atom is 0.256 e. The molecule has 0 atom stereocenters. The number of fused-ring (bicyclic) bond motifs is 2. The number of carbonyl (C=O) groups is 1. The molecule has 2 aliphatic heterocycles. The van der Waals surface area contributed by atoms with Crippen LogP contribution in [0.5, 0.6) is 0 Å². The number of H-pyrrole nitrogens is 1. The maximum absolute atomic E-state index is 12.9. The largest absolute Gasteiger partial charge is 0.358 e. The summed E-state index contributed by atoms with van der Waals surface area (Å²) in [4.78, 5) is 22.9. The molecule has 6 heteroatoms. The molecule has 0 radical (unpaired) electrons. The zero-order valence-electron chi connectivity index (χ0n) is 20.0. The van der Waals surface area contributed by atoms with Gasteiger partial charge in [0.15, 0.2) is 0 Å². The van der Waals surface area contributed by atoms with Crippen LogP contribution in [-0.2, 0) is 24.1 Å². The molecule has 1 saturated heterocycles. The van der Waals surface area contributed by atoms with E-state index in [1.54, 1.807) is 0 Å². The highest BCUT2D eigenvalue weighted by molar-refractivity contribution is 7.99. The van der Waals surface area contributed by atoms with Gasteiger partial charge in [0.2, 0.25) is 0 Å². The van der Waals surface area contributed by atoms with Crippen LogP contribution in [-0.4, -0.2) is 66.2 Å². The minimum Gasteiger partial charge on any atom is -0.358 e. The fourth-order valence-corrected chi connectivity index (χ4v) is 6.15. The van der Waals surface area contributed by atoms with Crippen LogP contribution >= 0.6 is 11.8 Å². The first kappa shape index (κ1) is 22.8. The lowest BCUT2D eigenvalue weighted by Gasteiger charge is -2.32. The first-order valence-corrected chi connectivity index (χ1v) is 13.5. The first-order valence-electron chi connectivity index (χ1n) is 12.6. The minimum atomic E-state index is 0.0135. The Labute approximate surface area is 202 Å². The van der Waals surface area contributed by atoms with Crippen LogP contribution < -0.4 is 5.32 Å². The number of rotatable bonds is 7. The number of aromatic nitrogens is 1. The van der Waals surface area contributed by atoms with E-state index in [0.29, 0.717) is 0 Å².